The molecular weight excluding hydrogens is 410 g/mol. The number of carboxylic acids is 1. The number of hydrogen-bond acceptors (Lipinski definition) is 5. The molecule has 5 rings (SSSR count). The van der Waals surface area contributed by atoms with E-state index < -0.39 is 30.5 Å². The normalized spacial score (nSPS) is 24.8. The number of carboxylic acid groups (broad SMARTS) is 1. The Bertz CT molecular complexity index is 956. The first-order valence-electron chi connectivity index (χ1n) is 11.2. The molecule has 3 aliphatic rings. The average Bonchev–Trinajstić information content (AvgIpc) is 3.38. The van der Waals surface area contributed by atoms with Gasteiger partial charge in [-0.15, -0.1) is 0 Å². The van der Waals surface area contributed by atoms with Gasteiger partial charge in [0.25, 0.3) is 0 Å². The molecule has 2 heterocycles. The zero-order chi connectivity index (χ0) is 22.1. The molecular formula is C25H27NO6. The van der Waals surface area contributed by atoms with Gasteiger partial charge in [0, 0.05) is 19.1 Å². The minimum atomic E-state index is -1.09. The van der Waals surface area contributed by atoms with Crippen LogP contribution in [0.15, 0.2) is 48.5 Å². The van der Waals surface area contributed by atoms with E-state index >= 15 is 0 Å². The van der Waals surface area contributed by atoms with Gasteiger partial charge in [-0.25, -0.2) is 9.59 Å². The number of benzene rings is 2. The molecule has 7 heteroatoms. The zero-order valence-corrected chi connectivity index (χ0v) is 17.8. The first-order chi connectivity index (χ1) is 15.6. The van der Waals surface area contributed by atoms with E-state index in [1.807, 2.05) is 24.3 Å². The van der Waals surface area contributed by atoms with Crippen LogP contribution in [0.3, 0.4) is 0 Å². The molecule has 32 heavy (non-hydrogen) atoms. The lowest BCUT2D eigenvalue weighted by molar-refractivity contribution is -0.195. The highest BCUT2D eigenvalue weighted by molar-refractivity contribution is 5.82. The Kier molecular flexibility index (Phi) is 5.85. The first-order valence-corrected chi connectivity index (χ1v) is 11.2. The maximum atomic E-state index is 12.9. The summed E-state index contributed by atoms with van der Waals surface area (Å²) in [7, 11) is 0. The van der Waals surface area contributed by atoms with Crippen molar-refractivity contribution in [2.45, 2.75) is 50.0 Å². The SMILES string of the molecule is O=C(O)[C@@H]1[C@H](OC2CCCCO2)CCN1C(=O)OCC1c2ccccc2-c2ccccc21. The van der Waals surface area contributed by atoms with E-state index in [-0.39, 0.29) is 19.1 Å². The average molecular weight is 437 g/mol. The molecule has 7 nitrogen and oxygen atoms in total. The predicted octanol–water partition coefficient (Wildman–Crippen LogP) is 4.01. The Morgan fingerprint density at radius 2 is 1.69 bits per heavy atom. The molecule has 1 amide bonds. The van der Waals surface area contributed by atoms with E-state index in [4.69, 9.17) is 14.2 Å². The van der Waals surface area contributed by atoms with E-state index in [1.54, 1.807) is 0 Å². The minimum Gasteiger partial charge on any atom is -0.480 e. The molecule has 1 N–H and O–H groups in total. The van der Waals surface area contributed by atoms with Crippen molar-refractivity contribution in [3.8, 4) is 11.1 Å². The molecule has 0 saturated carbocycles. The molecule has 2 aromatic rings. The van der Waals surface area contributed by atoms with Gasteiger partial charge in [-0.2, -0.15) is 0 Å². The van der Waals surface area contributed by atoms with Gasteiger partial charge < -0.3 is 19.3 Å². The zero-order valence-electron chi connectivity index (χ0n) is 17.8. The molecule has 0 radical (unpaired) electrons. The highest BCUT2D eigenvalue weighted by Gasteiger charge is 2.45. The van der Waals surface area contributed by atoms with Crippen LogP contribution >= 0.6 is 0 Å². The lowest BCUT2D eigenvalue weighted by Crippen LogP contribution is -2.47. The van der Waals surface area contributed by atoms with Gasteiger partial charge in [-0.05, 0) is 47.9 Å². The van der Waals surface area contributed by atoms with Crippen LogP contribution in [0.4, 0.5) is 4.79 Å². The van der Waals surface area contributed by atoms with Gasteiger partial charge in [-0.3, -0.25) is 4.90 Å². The summed E-state index contributed by atoms with van der Waals surface area (Å²) in [6, 6.07) is 15.2. The number of nitrogens with zero attached hydrogens (tertiary/aromatic N) is 1. The van der Waals surface area contributed by atoms with Crippen molar-refractivity contribution < 1.29 is 28.9 Å². The molecule has 1 unspecified atom stereocenters. The van der Waals surface area contributed by atoms with Crippen LogP contribution in [0.5, 0.6) is 0 Å². The third-order valence-electron chi connectivity index (χ3n) is 6.63. The molecule has 1 aliphatic carbocycles. The van der Waals surface area contributed by atoms with Gasteiger partial charge >= 0.3 is 12.1 Å². The van der Waals surface area contributed by atoms with Crippen molar-refractivity contribution in [3.63, 3.8) is 0 Å². The Labute approximate surface area is 186 Å². The Morgan fingerprint density at radius 1 is 1.00 bits per heavy atom. The molecule has 3 atom stereocenters. The Balaban J connectivity index is 1.27. The molecule has 0 bridgehead atoms. The van der Waals surface area contributed by atoms with E-state index in [1.165, 1.54) is 4.90 Å². The van der Waals surface area contributed by atoms with Crippen molar-refractivity contribution in [3.05, 3.63) is 59.7 Å². The Hall–Kier alpha value is -2.90. The summed E-state index contributed by atoms with van der Waals surface area (Å²) >= 11 is 0. The maximum Gasteiger partial charge on any atom is 0.410 e. The summed E-state index contributed by atoms with van der Waals surface area (Å²) in [5.41, 5.74) is 4.53. The number of ether oxygens (including phenoxy) is 3. The van der Waals surface area contributed by atoms with Gasteiger partial charge in [0.15, 0.2) is 12.3 Å². The summed E-state index contributed by atoms with van der Waals surface area (Å²) in [6.07, 6.45) is 1.54. The number of carbonyl (C=O) groups excluding carboxylic acids is 1. The lowest BCUT2D eigenvalue weighted by atomic mass is 9.98. The summed E-state index contributed by atoms with van der Waals surface area (Å²) in [5.74, 6) is -1.16. The predicted molar refractivity (Wildman–Crippen MR) is 116 cm³/mol. The molecule has 168 valence electrons. The highest BCUT2D eigenvalue weighted by Crippen LogP contribution is 2.44. The quantitative estimate of drug-likeness (QED) is 0.761. The maximum absolute atomic E-state index is 12.9. The summed E-state index contributed by atoms with van der Waals surface area (Å²) < 4.78 is 17.2. The van der Waals surface area contributed by atoms with Crippen LogP contribution < -0.4 is 0 Å². The number of amides is 1. The highest BCUT2D eigenvalue weighted by atomic mass is 16.7. The fraction of sp³-hybridized carbons (Fsp3) is 0.440. The number of aliphatic carboxylic acids is 1. The van der Waals surface area contributed by atoms with Gasteiger partial charge in [0.2, 0.25) is 0 Å². The van der Waals surface area contributed by atoms with Crippen LogP contribution in [-0.4, -0.2) is 60.3 Å². The molecule has 2 fully saturated rings. The molecule has 2 aliphatic heterocycles. The van der Waals surface area contributed by atoms with Crippen LogP contribution in [0.25, 0.3) is 11.1 Å². The van der Waals surface area contributed by atoms with Crippen LogP contribution in [-0.2, 0) is 19.0 Å². The van der Waals surface area contributed by atoms with Crippen LogP contribution in [0.2, 0.25) is 0 Å². The fourth-order valence-electron chi connectivity index (χ4n) is 5.09. The number of fused-ring (bicyclic) bond motifs is 3. The summed E-state index contributed by atoms with van der Waals surface area (Å²) in [6.45, 7) is 1.06. The summed E-state index contributed by atoms with van der Waals surface area (Å²) in [4.78, 5) is 26.2. The second kappa shape index (κ2) is 8.92. The van der Waals surface area contributed by atoms with E-state index in [0.717, 1.165) is 41.5 Å². The Morgan fingerprint density at radius 3 is 2.31 bits per heavy atom. The van der Waals surface area contributed by atoms with Crippen molar-refractivity contribution in [2.24, 2.45) is 0 Å². The third kappa shape index (κ3) is 3.87. The second-order valence-electron chi connectivity index (χ2n) is 8.54. The lowest BCUT2D eigenvalue weighted by Gasteiger charge is -2.29. The van der Waals surface area contributed by atoms with Crippen molar-refractivity contribution in [1.29, 1.82) is 0 Å². The standard InChI is InChI=1S/C25H27NO6/c27-24(28)23-21(32-22-11-5-6-14-30-22)12-13-26(23)25(29)31-15-20-18-9-3-1-7-16(18)17-8-2-4-10-19(17)20/h1-4,7-10,20-23H,5-6,11-15H2,(H,27,28)/t21-,22?,23+/m1/s1. The second-order valence-corrected chi connectivity index (χ2v) is 8.54. The van der Waals surface area contributed by atoms with Crippen molar-refractivity contribution in [2.75, 3.05) is 19.8 Å². The van der Waals surface area contributed by atoms with E-state index in [0.29, 0.717) is 13.0 Å². The summed E-state index contributed by atoms with van der Waals surface area (Å²) in [5, 5.41) is 9.80. The van der Waals surface area contributed by atoms with Gasteiger partial charge in [0.1, 0.15) is 6.61 Å². The van der Waals surface area contributed by atoms with Gasteiger partial charge in [-0.1, -0.05) is 48.5 Å². The van der Waals surface area contributed by atoms with E-state index in [2.05, 4.69) is 24.3 Å². The molecule has 0 aromatic heterocycles. The number of hydrogen-bond donors (Lipinski definition) is 1. The molecule has 2 aromatic carbocycles. The monoisotopic (exact) mass is 437 g/mol. The van der Waals surface area contributed by atoms with Crippen molar-refractivity contribution in [1.82, 2.24) is 4.90 Å². The molecule has 2 saturated heterocycles. The van der Waals surface area contributed by atoms with Crippen LogP contribution in [0, 0.1) is 0 Å². The number of likely N-dealkylation sites (tertiary alicyclic amines) is 1. The smallest absolute Gasteiger partial charge is 0.410 e. The first kappa shape index (κ1) is 21.0. The minimum absolute atomic E-state index is 0.0695. The topological polar surface area (TPSA) is 85.3 Å². The number of rotatable bonds is 5. The molecule has 0 spiro atoms. The largest absolute Gasteiger partial charge is 0.480 e. The van der Waals surface area contributed by atoms with Crippen molar-refractivity contribution >= 4 is 12.1 Å². The number of carbonyl (C=O) groups is 2. The van der Waals surface area contributed by atoms with Crippen LogP contribution in [0.1, 0.15) is 42.7 Å². The fourth-order valence-corrected chi connectivity index (χ4v) is 5.09. The van der Waals surface area contributed by atoms with E-state index in [9.17, 15) is 14.7 Å². The van der Waals surface area contributed by atoms with Gasteiger partial charge in [0.05, 0.1) is 6.10 Å². The third-order valence-corrected chi connectivity index (χ3v) is 6.63.